The highest BCUT2D eigenvalue weighted by Gasteiger charge is 2.15. The highest BCUT2D eigenvalue weighted by Crippen LogP contribution is 2.31. The van der Waals surface area contributed by atoms with Gasteiger partial charge in [0.1, 0.15) is 5.69 Å². The molecule has 4 heteroatoms. The summed E-state index contributed by atoms with van der Waals surface area (Å²) in [7, 11) is 0. The first-order chi connectivity index (χ1) is 10.6. The topological polar surface area (TPSA) is 51.6 Å². The van der Waals surface area contributed by atoms with Crippen LogP contribution < -0.4 is 0 Å². The van der Waals surface area contributed by atoms with Crippen molar-refractivity contribution in [3.63, 3.8) is 0 Å². The molecule has 3 heterocycles. The van der Waals surface area contributed by atoms with Gasteiger partial charge < -0.3 is 0 Å². The zero-order valence-electron chi connectivity index (χ0n) is 13.3. The zero-order valence-corrected chi connectivity index (χ0v) is 13.3. The number of nitrogens with zero attached hydrogens (tertiary/aromatic N) is 4. The summed E-state index contributed by atoms with van der Waals surface area (Å²) < 4.78 is 0. The molecule has 0 aliphatic heterocycles. The normalized spacial score (nSPS) is 10.7. The zero-order chi connectivity index (χ0) is 15.7. The first-order valence-corrected chi connectivity index (χ1v) is 7.25. The highest BCUT2D eigenvalue weighted by atomic mass is 15.1. The Morgan fingerprint density at radius 2 is 1.32 bits per heavy atom. The number of aromatic nitrogens is 4. The summed E-state index contributed by atoms with van der Waals surface area (Å²) in [6.45, 7) is 8.19. The second-order valence-electron chi connectivity index (χ2n) is 5.65. The van der Waals surface area contributed by atoms with Crippen LogP contribution in [0.4, 0.5) is 0 Å². The van der Waals surface area contributed by atoms with Crippen LogP contribution in [0, 0.1) is 27.7 Å². The molecular weight excluding hydrogens is 272 g/mol. The second kappa shape index (κ2) is 5.64. The molecule has 0 radical (unpaired) electrons. The van der Waals surface area contributed by atoms with E-state index >= 15 is 0 Å². The molecule has 0 unspecified atom stereocenters. The standard InChI is InChI=1S/C18H18N4/c1-11-7-13(3)16(19-9-11)15-5-6-21-22-18(15)17-14(4)8-12(2)10-20-17/h5-10H,1-4H3. The third-order valence-electron chi connectivity index (χ3n) is 3.63. The minimum atomic E-state index is 0.777. The van der Waals surface area contributed by atoms with Crippen molar-refractivity contribution >= 4 is 0 Å². The molecule has 0 aliphatic rings. The summed E-state index contributed by atoms with van der Waals surface area (Å²) in [4.78, 5) is 9.14. The van der Waals surface area contributed by atoms with Gasteiger partial charge in [-0.15, -0.1) is 5.10 Å². The Balaban J connectivity index is 2.22. The molecule has 4 nitrogen and oxygen atoms in total. The van der Waals surface area contributed by atoms with Crippen LogP contribution >= 0.6 is 0 Å². The smallest absolute Gasteiger partial charge is 0.121 e. The maximum atomic E-state index is 4.59. The van der Waals surface area contributed by atoms with Gasteiger partial charge >= 0.3 is 0 Å². The lowest BCUT2D eigenvalue weighted by atomic mass is 10.0. The van der Waals surface area contributed by atoms with Gasteiger partial charge in [-0.2, -0.15) is 5.10 Å². The van der Waals surface area contributed by atoms with E-state index in [0.717, 1.165) is 44.9 Å². The van der Waals surface area contributed by atoms with Gasteiger partial charge in [-0.05, 0) is 56.0 Å². The van der Waals surface area contributed by atoms with Gasteiger partial charge in [0.05, 0.1) is 17.6 Å². The number of hydrogen-bond acceptors (Lipinski definition) is 4. The Morgan fingerprint density at radius 3 is 1.91 bits per heavy atom. The minimum Gasteiger partial charge on any atom is -0.256 e. The van der Waals surface area contributed by atoms with E-state index < -0.39 is 0 Å². The third-order valence-corrected chi connectivity index (χ3v) is 3.63. The Kier molecular flexibility index (Phi) is 3.67. The van der Waals surface area contributed by atoms with Gasteiger partial charge in [0, 0.05) is 18.0 Å². The molecule has 0 fully saturated rings. The first-order valence-electron chi connectivity index (χ1n) is 7.25. The maximum absolute atomic E-state index is 4.59. The predicted molar refractivity (Wildman–Crippen MR) is 87.4 cm³/mol. The van der Waals surface area contributed by atoms with Crippen LogP contribution in [0.2, 0.25) is 0 Å². The molecule has 0 spiro atoms. The molecule has 3 aromatic heterocycles. The van der Waals surface area contributed by atoms with Crippen LogP contribution in [0.3, 0.4) is 0 Å². The van der Waals surface area contributed by atoms with E-state index in [1.165, 1.54) is 0 Å². The molecule has 110 valence electrons. The van der Waals surface area contributed by atoms with Gasteiger partial charge in [0.15, 0.2) is 0 Å². The fourth-order valence-electron chi connectivity index (χ4n) is 2.66. The van der Waals surface area contributed by atoms with Crippen molar-refractivity contribution in [2.75, 3.05) is 0 Å². The van der Waals surface area contributed by atoms with Gasteiger partial charge in [0.25, 0.3) is 0 Å². The lowest BCUT2D eigenvalue weighted by Crippen LogP contribution is -1.99. The van der Waals surface area contributed by atoms with Crippen LogP contribution in [-0.4, -0.2) is 20.2 Å². The lowest BCUT2D eigenvalue weighted by molar-refractivity contribution is 1.02. The van der Waals surface area contributed by atoms with Crippen LogP contribution in [0.1, 0.15) is 22.3 Å². The largest absolute Gasteiger partial charge is 0.256 e. The Bertz CT molecular complexity index is 770. The van der Waals surface area contributed by atoms with Gasteiger partial charge in [-0.1, -0.05) is 12.1 Å². The quantitative estimate of drug-likeness (QED) is 0.719. The van der Waals surface area contributed by atoms with E-state index in [1.54, 1.807) is 6.20 Å². The third kappa shape index (κ3) is 2.60. The minimum absolute atomic E-state index is 0.777. The summed E-state index contributed by atoms with van der Waals surface area (Å²) in [5.74, 6) is 0. The molecule has 0 bridgehead atoms. The summed E-state index contributed by atoms with van der Waals surface area (Å²) in [5, 5.41) is 8.37. The second-order valence-corrected chi connectivity index (χ2v) is 5.65. The Hall–Kier alpha value is -2.62. The molecule has 0 aromatic carbocycles. The summed E-state index contributed by atoms with van der Waals surface area (Å²) in [6, 6.07) is 6.19. The molecule has 0 saturated heterocycles. The lowest BCUT2D eigenvalue weighted by Gasteiger charge is -2.11. The number of rotatable bonds is 2. The maximum Gasteiger partial charge on any atom is 0.121 e. The monoisotopic (exact) mass is 290 g/mol. The van der Waals surface area contributed by atoms with E-state index in [1.807, 2.05) is 39.2 Å². The summed E-state index contributed by atoms with van der Waals surface area (Å²) in [5.41, 5.74) is 8.02. The highest BCUT2D eigenvalue weighted by molar-refractivity contribution is 5.79. The number of aryl methyl sites for hydroxylation is 4. The molecule has 3 aromatic rings. The van der Waals surface area contributed by atoms with E-state index in [9.17, 15) is 0 Å². The summed E-state index contributed by atoms with van der Waals surface area (Å²) in [6.07, 6.45) is 5.43. The fourth-order valence-corrected chi connectivity index (χ4v) is 2.66. The average Bonchev–Trinajstić information content (AvgIpc) is 2.48. The molecule has 0 atom stereocenters. The van der Waals surface area contributed by atoms with E-state index in [2.05, 4.69) is 39.2 Å². The molecule has 0 N–H and O–H groups in total. The SMILES string of the molecule is Cc1cnc(-c2ccnnc2-c2ncc(C)cc2C)c(C)c1. The van der Waals surface area contributed by atoms with Crippen molar-refractivity contribution in [2.24, 2.45) is 0 Å². The number of pyridine rings is 2. The van der Waals surface area contributed by atoms with Gasteiger partial charge in [-0.3, -0.25) is 9.97 Å². The molecule has 3 rings (SSSR count). The van der Waals surface area contributed by atoms with Crippen molar-refractivity contribution < 1.29 is 0 Å². The van der Waals surface area contributed by atoms with Crippen LogP contribution in [-0.2, 0) is 0 Å². The molecule has 0 aliphatic carbocycles. The van der Waals surface area contributed by atoms with Crippen LogP contribution in [0.25, 0.3) is 22.6 Å². The first kappa shape index (κ1) is 14.3. The molecular formula is C18H18N4. The van der Waals surface area contributed by atoms with Crippen LogP contribution in [0.15, 0.2) is 36.8 Å². The molecule has 0 amide bonds. The van der Waals surface area contributed by atoms with Crippen molar-refractivity contribution in [2.45, 2.75) is 27.7 Å². The van der Waals surface area contributed by atoms with Crippen LogP contribution in [0.5, 0.6) is 0 Å². The predicted octanol–water partition coefficient (Wildman–Crippen LogP) is 3.83. The van der Waals surface area contributed by atoms with Crippen molar-refractivity contribution in [3.8, 4) is 22.6 Å². The Labute approximate surface area is 130 Å². The van der Waals surface area contributed by atoms with Crippen molar-refractivity contribution in [1.82, 2.24) is 20.2 Å². The molecule has 22 heavy (non-hydrogen) atoms. The van der Waals surface area contributed by atoms with E-state index in [4.69, 9.17) is 0 Å². The van der Waals surface area contributed by atoms with E-state index in [0.29, 0.717) is 0 Å². The summed E-state index contributed by atoms with van der Waals surface area (Å²) >= 11 is 0. The van der Waals surface area contributed by atoms with Crippen molar-refractivity contribution in [3.05, 3.63) is 59.0 Å². The number of hydrogen-bond donors (Lipinski definition) is 0. The van der Waals surface area contributed by atoms with E-state index in [-0.39, 0.29) is 0 Å². The van der Waals surface area contributed by atoms with Gasteiger partial charge in [-0.25, -0.2) is 0 Å². The Morgan fingerprint density at radius 1 is 0.727 bits per heavy atom. The van der Waals surface area contributed by atoms with Crippen molar-refractivity contribution in [1.29, 1.82) is 0 Å². The molecule has 0 saturated carbocycles. The fraction of sp³-hybridized carbons (Fsp3) is 0.222. The average molecular weight is 290 g/mol. The van der Waals surface area contributed by atoms with Gasteiger partial charge in [0.2, 0.25) is 0 Å².